The molecule has 64 heavy (non-hydrogen) atoms. The summed E-state index contributed by atoms with van der Waals surface area (Å²) in [5, 5.41) is 0.933. The number of hydrogen-bond donors (Lipinski definition) is 0. The molecule has 0 bridgehead atoms. The molecule has 0 saturated carbocycles. The second-order valence-electron chi connectivity index (χ2n) is 17.2. The molecule has 4 aromatic heterocycles. The van der Waals surface area contributed by atoms with Crippen LogP contribution in [0, 0.1) is 26.0 Å². The topological polar surface area (TPSA) is 64.1 Å². The van der Waals surface area contributed by atoms with E-state index in [9.17, 15) is 0 Å². The van der Waals surface area contributed by atoms with E-state index in [4.69, 9.17) is 19.9 Å². The van der Waals surface area contributed by atoms with Crippen LogP contribution in [0.25, 0.3) is 78.2 Å². The van der Waals surface area contributed by atoms with Gasteiger partial charge in [0.25, 0.3) is 0 Å². The zero-order valence-electron chi connectivity index (χ0n) is 36.1. The number of imidazole rings is 2. The van der Waals surface area contributed by atoms with E-state index < -0.39 is 0 Å². The van der Waals surface area contributed by atoms with Gasteiger partial charge in [-0.25, -0.2) is 9.97 Å². The molecule has 0 aliphatic rings. The maximum Gasteiger partial charge on any atom is 2.00 e. The van der Waals surface area contributed by atoms with Crippen LogP contribution in [0.1, 0.15) is 37.5 Å². The van der Waals surface area contributed by atoms with Crippen LogP contribution >= 0.6 is 0 Å². The molecule has 11 rings (SSSR count). The molecule has 0 aliphatic heterocycles. The Morgan fingerprint density at radius 1 is 0.562 bits per heavy atom. The zero-order chi connectivity index (χ0) is 42.8. The molecule has 11 aromatic rings. The van der Waals surface area contributed by atoms with Crippen LogP contribution < -0.4 is 4.90 Å². The second kappa shape index (κ2) is 16.2. The number of fused-ring (bicyclic) bond motifs is 6. The van der Waals surface area contributed by atoms with Crippen molar-refractivity contribution in [3.05, 3.63) is 199 Å². The van der Waals surface area contributed by atoms with Gasteiger partial charge in [0.2, 0.25) is 5.78 Å². The number of hydrogen-bond acceptors (Lipinski definition) is 5. The molecule has 312 valence electrons. The van der Waals surface area contributed by atoms with Crippen molar-refractivity contribution in [3.8, 4) is 39.5 Å². The third-order valence-electron chi connectivity index (χ3n) is 12.0. The number of pyridine rings is 1. The average molecular weight is 1010 g/mol. The van der Waals surface area contributed by atoms with E-state index in [1.165, 1.54) is 5.56 Å². The van der Waals surface area contributed by atoms with Crippen molar-refractivity contribution in [2.45, 2.75) is 40.0 Å². The number of benzene rings is 7. The van der Waals surface area contributed by atoms with E-state index >= 15 is 0 Å². The maximum absolute atomic E-state index is 5.29. The molecule has 0 atom stereocenters. The molecule has 0 radical (unpaired) electrons. The van der Waals surface area contributed by atoms with Gasteiger partial charge in [-0.15, -0.1) is 59.7 Å². The number of anilines is 3. The molecule has 0 unspecified atom stereocenters. The standard InChI is InChI=1S/C56H43N7.Pt/c1-36-16-13-17-37(2)53(36)61(43-22-14-20-39(30-43)47-33-52-41(34-57-47)35-58-55-60-48-32-42(56(3,4)5)28-29-51(48)63(52)55)44-23-15-21-40(31-44)54-59-46-25-10-12-27-50(46)62(54)49-26-11-9-24-45(49)38-18-7-6-8-19-38;/h6-29,32-35H,1-5H3;/q-2;+2. The van der Waals surface area contributed by atoms with E-state index in [0.29, 0.717) is 5.78 Å². The minimum Gasteiger partial charge on any atom is -0.346 e. The minimum atomic E-state index is 0. The summed E-state index contributed by atoms with van der Waals surface area (Å²) < 4.78 is 4.41. The molecular formula is C56H43N7Pt. The number of nitrogens with zero attached hydrogens (tertiary/aromatic N) is 7. The predicted molar refractivity (Wildman–Crippen MR) is 257 cm³/mol. The molecule has 7 aromatic carbocycles. The van der Waals surface area contributed by atoms with Gasteiger partial charge in [0.05, 0.1) is 33.4 Å². The molecule has 8 heteroatoms. The van der Waals surface area contributed by atoms with E-state index in [2.05, 4.69) is 212 Å². The Morgan fingerprint density at radius 2 is 1.23 bits per heavy atom. The third-order valence-corrected chi connectivity index (χ3v) is 12.0. The summed E-state index contributed by atoms with van der Waals surface area (Å²) in [5.41, 5.74) is 17.0. The fourth-order valence-corrected chi connectivity index (χ4v) is 8.85. The molecule has 0 saturated heterocycles. The molecule has 0 amide bonds. The Bertz CT molecular complexity index is 3520. The zero-order valence-corrected chi connectivity index (χ0v) is 38.4. The molecule has 0 fully saturated rings. The van der Waals surface area contributed by atoms with Crippen molar-refractivity contribution in [3.63, 3.8) is 0 Å². The number of aromatic nitrogens is 6. The first kappa shape index (κ1) is 40.8. The molecule has 0 N–H and O–H groups in total. The minimum absolute atomic E-state index is 0. The fraction of sp³-hybridized carbons (Fsp3) is 0.107. The number of para-hydroxylation sites is 4. The smallest absolute Gasteiger partial charge is 0.346 e. The van der Waals surface area contributed by atoms with E-state index in [-0.39, 0.29) is 26.5 Å². The van der Waals surface area contributed by atoms with Gasteiger partial charge >= 0.3 is 21.1 Å². The van der Waals surface area contributed by atoms with E-state index in [1.54, 1.807) is 0 Å². The summed E-state index contributed by atoms with van der Waals surface area (Å²) in [6.45, 7) is 11.0. The van der Waals surface area contributed by atoms with Crippen LogP contribution in [0.3, 0.4) is 0 Å². The molecule has 7 nitrogen and oxygen atoms in total. The van der Waals surface area contributed by atoms with Gasteiger partial charge in [-0.1, -0.05) is 112 Å². The van der Waals surface area contributed by atoms with Crippen molar-refractivity contribution in [1.29, 1.82) is 0 Å². The van der Waals surface area contributed by atoms with Crippen molar-refractivity contribution in [1.82, 2.24) is 28.9 Å². The van der Waals surface area contributed by atoms with Gasteiger partial charge in [0.1, 0.15) is 0 Å². The Balaban J connectivity index is 0.00000484. The number of aryl methyl sites for hydroxylation is 2. The average Bonchev–Trinajstić information content (AvgIpc) is 3.89. The second-order valence-corrected chi connectivity index (χ2v) is 17.2. The van der Waals surface area contributed by atoms with Gasteiger partial charge in [-0.2, -0.15) is 0 Å². The van der Waals surface area contributed by atoms with Crippen molar-refractivity contribution in [2.24, 2.45) is 0 Å². The van der Waals surface area contributed by atoms with Crippen LogP contribution in [0.5, 0.6) is 0 Å². The van der Waals surface area contributed by atoms with Crippen LogP contribution in [-0.4, -0.2) is 28.9 Å². The third kappa shape index (κ3) is 7.06. The summed E-state index contributed by atoms with van der Waals surface area (Å²) in [4.78, 5) is 22.2. The SMILES string of the molecule is Cc1cccc(C)c1N(c1[c-]c(-c2cc3c(cn2)cnc2nc4cc(C(C)(C)C)ccc4n23)ccc1)c1[c-]c(-c2nc3ccccc3n2-c2ccccc2-c2ccccc2)ccc1.[Pt+2]. The van der Waals surface area contributed by atoms with Gasteiger partial charge in [-0.3, -0.25) is 9.38 Å². The normalized spacial score (nSPS) is 11.7. The molecule has 4 heterocycles. The van der Waals surface area contributed by atoms with Gasteiger partial charge in [-0.05, 0) is 88.9 Å². The summed E-state index contributed by atoms with van der Waals surface area (Å²) in [6, 6.07) is 62.8. The van der Waals surface area contributed by atoms with E-state index in [0.717, 1.165) is 101 Å². The summed E-state index contributed by atoms with van der Waals surface area (Å²) in [5.74, 6) is 1.47. The first-order valence-corrected chi connectivity index (χ1v) is 21.3. The Kier molecular flexibility index (Phi) is 10.3. The molecule has 0 spiro atoms. The molecule has 0 aliphatic carbocycles. The largest absolute Gasteiger partial charge is 2.00 e. The Morgan fingerprint density at radius 3 is 2.02 bits per heavy atom. The van der Waals surface area contributed by atoms with Gasteiger partial charge in [0.15, 0.2) is 0 Å². The predicted octanol–water partition coefficient (Wildman–Crippen LogP) is 13.8. The fourth-order valence-electron chi connectivity index (χ4n) is 8.85. The van der Waals surface area contributed by atoms with Crippen LogP contribution in [0.4, 0.5) is 17.1 Å². The van der Waals surface area contributed by atoms with Crippen molar-refractivity contribution < 1.29 is 21.1 Å². The van der Waals surface area contributed by atoms with Gasteiger partial charge < -0.3 is 14.5 Å². The Labute approximate surface area is 387 Å². The maximum atomic E-state index is 5.29. The van der Waals surface area contributed by atoms with E-state index in [1.807, 2.05) is 18.5 Å². The Hall–Kier alpha value is -7.21. The summed E-state index contributed by atoms with van der Waals surface area (Å²) >= 11 is 0. The van der Waals surface area contributed by atoms with Crippen LogP contribution in [0.15, 0.2) is 170 Å². The van der Waals surface area contributed by atoms with Crippen molar-refractivity contribution >= 4 is 55.8 Å². The van der Waals surface area contributed by atoms with Crippen molar-refractivity contribution in [2.75, 3.05) is 4.90 Å². The first-order chi connectivity index (χ1) is 30.7. The summed E-state index contributed by atoms with van der Waals surface area (Å²) in [6.07, 6.45) is 3.76. The van der Waals surface area contributed by atoms with Crippen LogP contribution in [0.2, 0.25) is 0 Å². The van der Waals surface area contributed by atoms with Crippen LogP contribution in [-0.2, 0) is 26.5 Å². The monoisotopic (exact) mass is 1010 g/mol. The number of rotatable bonds is 7. The molecular weight excluding hydrogens is 966 g/mol. The van der Waals surface area contributed by atoms with Gasteiger partial charge in [0, 0.05) is 34.7 Å². The summed E-state index contributed by atoms with van der Waals surface area (Å²) in [7, 11) is 0. The first-order valence-electron chi connectivity index (χ1n) is 21.3. The quantitative estimate of drug-likeness (QED) is 0.149.